The number of ether oxygens (including phenoxy) is 2. The summed E-state index contributed by atoms with van der Waals surface area (Å²) < 4.78 is 11.0. The highest BCUT2D eigenvalue weighted by atomic mass is 16.5. The van der Waals surface area contributed by atoms with E-state index in [0.717, 1.165) is 89.8 Å². The first-order valence-corrected chi connectivity index (χ1v) is 15.5. The highest BCUT2D eigenvalue weighted by Gasteiger charge is 2.24. The van der Waals surface area contributed by atoms with Crippen LogP contribution in [0.1, 0.15) is 31.1 Å². The van der Waals surface area contributed by atoms with Crippen molar-refractivity contribution in [2.24, 2.45) is 0 Å². The lowest BCUT2D eigenvalue weighted by Gasteiger charge is -2.37. The number of carbonyl (C=O) groups is 2. The van der Waals surface area contributed by atoms with Crippen LogP contribution in [0.3, 0.4) is 0 Å². The van der Waals surface area contributed by atoms with E-state index in [1.54, 1.807) is 6.07 Å². The van der Waals surface area contributed by atoms with Gasteiger partial charge in [-0.3, -0.25) is 19.9 Å². The molecule has 2 heterocycles. The molecule has 0 atom stereocenters. The van der Waals surface area contributed by atoms with Gasteiger partial charge in [-0.05, 0) is 50.3 Å². The third kappa shape index (κ3) is 9.08. The molecule has 230 valence electrons. The lowest BCUT2D eigenvalue weighted by molar-refractivity contribution is 0.0624. The molecule has 2 aliphatic heterocycles. The zero-order valence-electron chi connectivity index (χ0n) is 25.6. The zero-order valence-corrected chi connectivity index (χ0v) is 25.6. The summed E-state index contributed by atoms with van der Waals surface area (Å²) in [7, 11) is 0. The smallest absolute Gasteiger partial charge is 0.411 e. The number of amides is 2. The average molecular weight is 581 g/mol. The average Bonchev–Trinajstić information content (AvgIpc) is 3.03. The number of piperazine rings is 2. The first-order chi connectivity index (χ1) is 20.5. The normalized spacial score (nSPS) is 16.5. The molecule has 0 unspecified atom stereocenters. The van der Waals surface area contributed by atoms with Crippen molar-refractivity contribution >= 4 is 23.4 Å². The van der Waals surface area contributed by atoms with Crippen molar-refractivity contribution in [1.29, 1.82) is 0 Å². The van der Waals surface area contributed by atoms with Crippen LogP contribution in [0.5, 0.6) is 5.75 Å². The van der Waals surface area contributed by atoms with Crippen molar-refractivity contribution in [1.82, 2.24) is 19.6 Å². The fraction of sp³-hybridized carbons (Fsp3) is 0.562. The van der Waals surface area contributed by atoms with E-state index in [9.17, 15) is 9.59 Å². The molecule has 2 saturated heterocycles. The lowest BCUT2D eigenvalue weighted by atomic mass is 10.1. The Hall–Kier alpha value is -3.34. The predicted molar refractivity (Wildman–Crippen MR) is 168 cm³/mol. The van der Waals surface area contributed by atoms with Crippen LogP contribution in [0, 0.1) is 0 Å². The Labute approximate surface area is 251 Å². The van der Waals surface area contributed by atoms with Crippen LogP contribution in [0.4, 0.5) is 16.2 Å². The van der Waals surface area contributed by atoms with Gasteiger partial charge in [0.05, 0.1) is 12.3 Å². The number of hydrogen-bond donors (Lipinski definition) is 1. The first-order valence-electron chi connectivity index (χ1n) is 15.5. The van der Waals surface area contributed by atoms with Gasteiger partial charge >= 0.3 is 6.09 Å². The molecule has 0 radical (unpaired) electrons. The summed E-state index contributed by atoms with van der Waals surface area (Å²) in [6.45, 7) is 19.0. The number of nitrogens with zero attached hydrogens (tertiary/aromatic N) is 5. The van der Waals surface area contributed by atoms with Crippen LogP contribution in [-0.2, 0) is 4.74 Å². The highest BCUT2D eigenvalue weighted by Crippen LogP contribution is 2.24. The van der Waals surface area contributed by atoms with Crippen molar-refractivity contribution in [2.45, 2.75) is 20.8 Å². The third-order valence-electron chi connectivity index (χ3n) is 8.18. The Bertz CT molecular complexity index is 1130. The number of benzene rings is 2. The molecular formula is C32H48N6O4. The van der Waals surface area contributed by atoms with E-state index in [1.165, 1.54) is 0 Å². The number of anilines is 2. The Kier molecular flexibility index (Phi) is 12.3. The number of nitrogens with one attached hydrogen (secondary N) is 1. The van der Waals surface area contributed by atoms with Gasteiger partial charge in [0.25, 0.3) is 5.91 Å². The van der Waals surface area contributed by atoms with E-state index >= 15 is 0 Å². The van der Waals surface area contributed by atoms with Gasteiger partial charge in [-0.25, -0.2) is 4.79 Å². The molecule has 1 N–H and O–H groups in total. The van der Waals surface area contributed by atoms with Gasteiger partial charge in [0, 0.05) is 83.2 Å². The predicted octanol–water partition coefficient (Wildman–Crippen LogP) is 3.56. The van der Waals surface area contributed by atoms with Crippen molar-refractivity contribution in [3.05, 3.63) is 54.1 Å². The fourth-order valence-corrected chi connectivity index (χ4v) is 5.51. The van der Waals surface area contributed by atoms with E-state index in [-0.39, 0.29) is 5.91 Å². The van der Waals surface area contributed by atoms with Crippen LogP contribution in [0.15, 0.2) is 48.5 Å². The number of carbonyl (C=O) groups excluding carboxylic acids is 2. The molecule has 0 bridgehead atoms. The molecule has 2 aromatic rings. The number of hydrogen-bond acceptors (Lipinski definition) is 8. The van der Waals surface area contributed by atoms with Crippen molar-refractivity contribution in [3.8, 4) is 5.75 Å². The molecule has 2 aliphatic rings. The second-order valence-electron chi connectivity index (χ2n) is 10.7. The summed E-state index contributed by atoms with van der Waals surface area (Å²) in [4.78, 5) is 37.1. The van der Waals surface area contributed by atoms with Crippen molar-refractivity contribution < 1.29 is 19.1 Å². The van der Waals surface area contributed by atoms with Gasteiger partial charge in [0.15, 0.2) is 0 Å². The second-order valence-corrected chi connectivity index (χ2v) is 10.7. The zero-order chi connectivity index (χ0) is 29.7. The summed E-state index contributed by atoms with van der Waals surface area (Å²) in [6, 6.07) is 15.4. The van der Waals surface area contributed by atoms with Gasteiger partial charge < -0.3 is 24.2 Å². The topological polar surface area (TPSA) is 80.8 Å². The van der Waals surface area contributed by atoms with Gasteiger partial charge in [-0.2, -0.15) is 0 Å². The molecule has 0 aromatic heterocycles. The van der Waals surface area contributed by atoms with Crippen LogP contribution in [0.2, 0.25) is 0 Å². The molecule has 2 fully saturated rings. The fourth-order valence-electron chi connectivity index (χ4n) is 5.51. The monoisotopic (exact) mass is 580 g/mol. The van der Waals surface area contributed by atoms with Crippen LogP contribution in [-0.4, -0.2) is 130 Å². The van der Waals surface area contributed by atoms with E-state index in [1.807, 2.05) is 48.2 Å². The molecule has 2 aromatic carbocycles. The third-order valence-corrected chi connectivity index (χ3v) is 8.18. The largest absolute Gasteiger partial charge is 0.492 e. The minimum Gasteiger partial charge on any atom is -0.492 e. The molecule has 10 nitrogen and oxygen atoms in total. The standard InChI is InChI=1S/C32H48N6O4/c1-4-34(5-2)14-15-35-18-22-38(23-19-35)31(39)27-10-9-11-28(26-27)37-20-16-36(17-21-37)24-25-42-32(40)33-29-12-7-8-13-30(29)41-6-3/h7-13,26H,4-6,14-25H2,1-3H3,(H,33,40). The lowest BCUT2D eigenvalue weighted by Crippen LogP contribution is -2.50. The maximum Gasteiger partial charge on any atom is 0.411 e. The van der Waals surface area contributed by atoms with Crippen LogP contribution in [0.25, 0.3) is 0 Å². The van der Waals surface area contributed by atoms with Crippen molar-refractivity contribution in [2.75, 3.05) is 109 Å². The van der Waals surface area contributed by atoms with Gasteiger partial charge in [-0.15, -0.1) is 0 Å². The van der Waals surface area contributed by atoms with Crippen LogP contribution < -0.4 is 15.0 Å². The molecular weight excluding hydrogens is 532 g/mol. The number of rotatable bonds is 13. The summed E-state index contributed by atoms with van der Waals surface area (Å²) in [6.07, 6.45) is -0.483. The maximum atomic E-state index is 13.3. The maximum absolute atomic E-state index is 13.3. The number of likely N-dealkylation sites (N-methyl/N-ethyl adjacent to an activating group) is 1. The SMILES string of the molecule is CCOc1ccccc1NC(=O)OCCN1CCN(c2cccc(C(=O)N3CCN(CCN(CC)CC)CC3)c2)CC1. The first kappa shape index (κ1) is 31.6. The molecule has 2 amide bonds. The Morgan fingerprint density at radius 3 is 2.24 bits per heavy atom. The van der Waals surface area contributed by atoms with E-state index < -0.39 is 6.09 Å². The highest BCUT2D eigenvalue weighted by molar-refractivity contribution is 5.95. The molecule has 10 heteroatoms. The minimum atomic E-state index is -0.483. The second kappa shape index (κ2) is 16.3. The molecule has 0 spiro atoms. The van der Waals surface area contributed by atoms with Gasteiger partial charge in [0.2, 0.25) is 0 Å². The van der Waals surface area contributed by atoms with Crippen molar-refractivity contribution in [3.63, 3.8) is 0 Å². The minimum absolute atomic E-state index is 0.123. The molecule has 0 aliphatic carbocycles. The summed E-state index contributed by atoms with van der Waals surface area (Å²) >= 11 is 0. The van der Waals surface area contributed by atoms with E-state index in [0.29, 0.717) is 31.2 Å². The van der Waals surface area contributed by atoms with Gasteiger partial charge in [0.1, 0.15) is 12.4 Å². The summed E-state index contributed by atoms with van der Waals surface area (Å²) in [5.74, 6) is 0.751. The Morgan fingerprint density at radius 2 is 1.52 bits per heavy atom. The van der Waals surface area contributed by atoms with E-state index in [4.69, 9.17) is 9.47 Å². The quantitative estimate of drug-likeness (QED) is 0.386. The van der Waals surface area contributed by atoms with Crippen LogP contribution >= 0.6 is 0 Å². The number of para-hydroxylation sites is 2. The molecule has 42 heavy (non-hydrogen) atoms. The molecule has 4 rings (SSSR count). The summed E-state index contributed by atoms with van der Waals surface area (Å²) in [5, 5.41) is 2.77. The Morgan fingerprint density at radius 1 is 0.833 bits per heavy atom. The molecule has 0 saturated carbocycles. The summed E-state index contributed by atoms with van der Waals surface area (Å²) in [5.41, 5.74) is 2.45. The van der Waals surface area contributed by atoms with E-state index in [2.05, 4.69) is 44.8 Å². The Balaban J connectivity index is 1.17. The van der Waals surface area contributed by atoms with Gasteiger partial charge in [-0.1, -0.05) is 32.0 Å².